The molecule has 3 fully saturated rings. The van der Waals surface area contributed by atoms with Crippen molar-refractivity contribution in [2.75, 3.05) is 0 Å². The van der Waals surface area contributed by atoms with E-state index in [9.17, 15) is 4.79 Å². The lowest BCUT2D eigenvalue weighted by atomic mass is 9.60. The first-order chi connectivity index (χ1) is 26.4. The van der Waals surface area contributed by atoms with Crippen LogP contribution in [-0.2, 0) is 22.5 Å². The van der Waals surface area contributed by atoms with Crippen LogP contribution < -0.4 is 0 Å². The van der Waals surface area contributed by atoms with Gasteiger partial charge in [-0.3, -0.25) is 4.79 Å². The van der Waals surface area contributed by atoms with Crippen molar-refractivity contribution in [3.05, 3.63) is 35.5 Å². The number of ketones is 1. The van der Waals surface area contributed by atoms with Crippen molar-refractivity contribution in [1.82, 2.24) is 0 Å². The number of Topliss-reactive ketones (excluding diaryl/α,β-unsaturated/α-hetero) is 1. The van der Waals surface area contributed by atoms with E-state index in [1.165, 1.54) is 37.7 Å². The summed E-state index contributed by atoms with van der Waals surface area (Å²) in [4.78, 5) is 13.9. The Balaban J connectivity index is 1.95. The van der Waals surface area contributed by atoms with Crippen LogP contribution in [0, 0.1) is 23.2 Å². The topological polar surface area (TPSA) is 54.0 Å². The fourth-order valence-electron chi connectivity index (χ4n) is 10.5. The van der Waals surface area contributed by atoms with E-state index in [1.807, 2.05) is 13.8 Å². The van der Waals surface area contributed by atoms with Crippen molar-refractivity contribution >= 4 is 39.1 Å². The van der Waals surface area contributed by atoms with Crippen LogP contribution in [0.15, 0.2) is 35.5 Å². The van der Waals surface area contributed by atoms with Gasteiger partial charge in [0.1, 0.15) is 5.60 Å². The van der Waals surface area contributed by atoms with Gasteiger partial charge in [0.05, 0.1) is 17.8 Å². The molecule has 0 amide bonds. The second kappa shape index (κ2) is 19.0. The smallest absolute Gasteiger partial charge is 0.192 e. The number of fused-ring (bicyclic) bond motifs is 1. The first kappa shape index (κ1) is 52.9. The average molecular weight is 890 g/mol. The normalized spacial score (nSPS) is 27.7. The minimum Gasteiger partial charge on any atom is -0.413 e. The third-order valence-corrected chi connectivity index (χ3v) is 26.6. The van der Waals surface area contributed by atoms with Crippen LogP contribution in [0.5, 0.6) is 0 Å². The summed E-state index contributed by atoms with van der Waals surface area (Å²) in [6.07, 6.45) is 17.9. The highest BCUT2D eigenvalue weighted by molar-refractivity contribution is 6.74. The van der Waals surface area contributed by atoms with Crippen LogP contribution in [0.3, 0.4) is 0 Å². The Hall–Kier alpha value is -0.402. The fraction of sp³-hybridized carbons (Fsp3) is 0.860. The van der Waals surface area contributed by atoms with Gasteiger partial charge >= 0.3 is 0 Å². The lowest BCUT2D eigenvalue weighted by molar-refractivity contribution is -0.133. The lowest BCUT2D eigenvalue weighted by Gasteiger charge is -2.46. The summed E-state index contributed by atoms with van der Waals surface area (Å²) < 4.78 is 27.5. The molecule has 0 aromatic heterocycles. The van der Waals surface area contributed by atoms with Gasteiger partial charge in [-0.15, -0.1) is 0 Å². The molecule has 3 aliphatic rings. The number of carbonyl (C=O) groups excluding carboxylic acids is 1. The molecule has 0 saturated heterocycles. The van der Waals surface area contributed by atoms with Crippen molar-refractivity contribution in [2.24, 2.45) is 23.2 Å². The zero-order valence-corrected chi connectivity index (χ0v) is 46.8. The van der Waals surface area contributed by atoms with E-state index >= 15 is 0 Å². The monoisotopic (exact) mass is 889 g/mol. The van der Waals surface area contributed by atoms with Crippen LogP contribution in [0.2, 0.25) is 75.5 Å². The van der Waals surface area contributed by atoms with E-state index in [0.29, 0.717) is 24.2 Å². The van der Waals surface area contributed by atoms with E-state index < -0.39 is 38.9 Å². The molecule has 342 valence electrons. The van der Waals surface area contributed by atoms with Crippen molar-refractivity contribution in [2.45, 2.75) is 252 Å². The Morgan fingerprint density at radius 3 is 1.90 bits per heavy atom. The lowest BCUT2D eigenvalue weighted by Crippen LogP contribution is -2.49. The SMILES string of the molecule is C=C1C(=CC=C2CCC[C@]3(C)[C@@H]([C@@H](CCCC(C)(C)O[Si](C)(C)C)CCC(=O)C(C)(C)O[Si](C)(C)C)CC[C@@H]23)C[C@H](O[Si](C)(C)C(C)(C)C)C[C@H]1O[Si](C)(C)C(C)(C)C. The highest BCUT2D eigenvalue weighted by atomic mass is 28.4. The molecular formula is C50H96O5Si4. The van der Waals surface area contributed by atoms with Gasteiger partial charge < -0.3 is 17.7 Å². The Morgan fingerprint density at radius 2 is 1.36 bits per heavy atom. The van der Waals surface area contributed by atoms with Crippen molar-refractivity contribution in [3.8, 4) is 0 Å². The van der Waals surface area contributed by atoms with E-state index in [-0.39, 0.29) is 39.1 Å². The molecule has 3 aliphatic carbocycles. The minimum absolute atomic E-state index is 0.0118. The van der Waals surface area contributed by atoms with Gasteiger partial charge in [0.2, 0.25) is 0 Å². The fourth-order valence-corrected chi connectivity index (χ4v) is 16.5. The van der Waals surface area contributed by atoms with Gasteiger partial charge in [-0.25, -0.2) is 0 Å². The van der Waals surface area contributed by atoms with Crippen molar-refractivity contribution < 1.29 is 22.5 Å². The molecule has 6 atom stereocenters. The summed E-state index contributed by atoms with van der Waals surface area (Å²) in [6.45, 7) is 52.9. The third kappa shape index (κ3) is 14.6. The first-order valence-corrected chi connectivity index (χ1v) is 36.4. The van der Waals surface area contributed by atoms with Crippen molar-refractivity contribution in [1.29, 1.82) is 0 Å². The molecule has 0 aliphatic heterocycles. The Labute approximate surface area is 370 Å². The number of rotatable bonds is 18. The molecule has 0 spiro atoms. The zero-order valence-electron chi connectivity index (χ0n) is 42.8. The summed E-state index contributed by atoms with van der Waals surface area (Å²) in [5.74, 6) is 1.96. The van der Waals surface area contributed by atoms with Crippen LogP contribution in [-0.4, -0.2) is 62.5 Å². The van der Waals surface area contributed by atoms with Gasteiger partial charge in [-0.05, 0) is 189 Å². The third-order valence-electron chi connectivity index (χ3n) is 15.3. The van der Waals surface area contributed by atoms with Crippen LogP contribution >= 0.6 is 0 Å². The molecule has 0 radical (unpaired) electrons. The van der Waals surface area contributed by atoms with Gasteiger partial charge in [-0.1, -0.05) is 85.6 Å². The maximum atomic E-state index is 13.9. The predicted octanol–water partition coefficient (Wildman–Crippen LogP) is 15.6. The Kier molecular flexibility index (Phi) is 17.0. The highest BCUT2D eigenvalue weighted by Crippen LogP contribution is 2.61. The minimum atomic E-state index is -2.04. The Morgan fingerprint density at radius 1 is 0.797 bits per heavy atom. The van der Waals surface area contributed by atoms with Gasteiger partial charge in [0, 0.05) is 12.8 Å². The number of hydrogen-bond donors (Lipinski definition) is 0. The van der Waals surface area contributed by atoms with Crippen LogP contribution in [0.1, 0.15) is 153 Å². The molecule has 3 saturated carbocycles. The van der Waals surface area contributed by atoms with Gasteiger partial charge in [0.25, 0.3) is 0 Å². The zero-order chi connectivity index (χ0) is 45.4. The number of hydrogen-bond acceptors (Lipinski definition) is 5. The van der Waals surface area contributed by atoms with Gasteiger partial charge in [-0.2, -0.15) is 0 Å². The molecule has 0 aromatic carbocycles. The molecular weight excluding hydrogens is 793 g/mol. The predicted molar refractivity (Wildman–Crippen MR) is 265 cm³/mol. The van der Waals surface area contributed by atoms with Crippen LogP contribution in [0.25, 0.3) is 0 Å². The summed E-state index contributed by atoms with van der Waals surface area (Å²) in [5, 5.41) is 0.273. The number of carbonyl (C=O) groups is 1. The second-order valence-electron chi connectivity index (χ2n) is 25.7. The molecule has 0 heterocycles. The molecule has 0 aromatic rings. The van der Waals surface area contributed by atoms with Gasteiger partial charge in [0.15, 0.2) is 39.1 Å². The molecule has 0 unspecified atom stereocenters. The standard InChI is InChI=1S/C50H96O5Si4/c1-37-40(35-41(52-58(19,20)46(2,3)4)36-44(37)53-59(21,22)47(5,6)7)28-27-38-26-24-34-50(12)42(38)30-31-43(50)39(25-23-33-48(8,9)54-56(13,14)15)29-32-45(51)49(10,11)55-57(16,17)18/h27-28,39,41-44H,1,23-26,29-36H2,2-22H3/t39-,41-,42-,43+,44+,50-/m0/s1. The molecule has 3 rings (SSSR count). The van der Waals surface area contributed by atoms with E-state index in [2.05, 4.69) is 140 Å². The summed E-state index contributed by atoms with van der Waals surface area (Å²) in [5.41, 5.74) is 3.49. The largest absolute Gasteiger partial charge is 0.413 e. The quantitative estimate of drug-likeness (QED) is 0.128. The highest BCUT2D eigenvalue weighted by Gasteiger charge is 2.52. The average Bonchev–Trinajstić information content (AvgIpc) is 3.36. The molecule has 0 N–H and O–H groups in total. The molecule has 0 bridgehead atoms. The van der Waals surface area contributed by atoms with Crippen LogP contribution in [0.4, 0.5) is 0 Å². The molecule has 59 heavy (non-hydrogen) atoms. The van der Waals surface area contributed by atoms with E-state index in [0.717, 1.165) is 44.1 Å². The first-order valence-electron chi connectivity index (χ1n) is 23.8. The maximum Gasteiger partial charge on any atom is 0.192 e. The van der Waals surface area contributed by atoms with E-state index in [1.54, 1.807) is 5.57 Å². The Bertz CT molecular complexity index is 1510. The number of allylic oxidation sites excluding steroid dienone is 3. The maximum absolute atomic E-state index is 13.9. The molecule has 9 heteroatoms. The summed E-state index contributed by atoms with van der Waals surface area (Å²) >= 11 is 0. The molecule has 5 nitrogen and oxygen atoms in total. The second-order valence-corrected chi connectivity index (χ2v) is 44.0. The summed E-state index contributed by atoms with van der Waals surface area (Å²) in [7, 11) is -7.55. The summed E-state index contributed by atoms with van der Waals surface area (Å²) in [6, 6.07) is 0. The van der Waals surface area contributed by atoms with E-state index in [4.69, 9.17) is 24.3 Å². The van der Waals surface area contributed by atoms with Crippen molar-refractivity contribution in [3.63, 3.8) is 0 Å².